The third-order valence-corrected chi connectivity index (χ3v) is 6.11. The van der Waals surface area contributed by atoms with E-state index in [4.69, 9.17) is 4.74 Å². The molecule has 0 radical (unpaired) electrons. The number of fused-ring (bicyclic) bond motifs is 1. The van der Waals surface area contributed by atoms with E-state index in [-0.39, 0.29) is 11.6 Å². The monoisotopic (exact) mass is 406 g/mol. The number of nitrogens with one attached hydrogen (secondary N) is 2. The highest BCUT2D eigenvalue weighted by Gasteiger charge is 2.24. The van der Waals surface area contributed by atoms with Crippen LogP contribution in [0.15, 0.2) is 35.3 Å². The molecule has 1 aliphatic carbocycles. The van der Waals surface area contributed by atoms with Gasteiger partial charge in [-0.2, -0.15) is 0 Å². The smallest absolute Gasteiger partial charge is 0.327 e. The van der Waals surface area contributed by atoms with Gasteiger partial charge in [-0.25, -0.2) is 9.78 Å². The van der Waals surface area contributed by atoms with Crippen molar-refractivity contribution in [2.45, 2.75) is 45.2 Å². The average Bonchev–Trinajstić information content (AvgIpc) is 3.51. The van der Waals surface area contributed by atoms with E-state index in [2.05, 4.69) is 15.3 Å². The van der Waals surface area contributed by atoms with Crippen LogP contribution < -0.4 is 11.0 Å². The number of pyridine rings is 1. The molecule has 2 fully saturated rings. The van der Waals surface area contributed by atoms with Gasteiger partial charge in [-0.05, 0) is 67.9 Å². The van der Waals surface area contributed by atoms with Crippen molar-refractivity contribution >= 4 is 17.1 Å². The molecule has 2 aliphatic rings. The quantitative estimate of drug-likeness (QED) is 0.682. The summed E-state index contributed by atoms with van der Waals surface area (Å²) in [5, 5.41) is 3.03. The number of aromatic amines is 1. The Balaban J connectivity index is 1.46. The van der Waals surface area contributed by atoms with E-state index < -0.39 is 0 Å². The van der Waals surface area contributed by atoms with Crippen molar-refractivity contribution in [3.63, 3.8) is 0 Å². The number of hydrogen-bond donors (Lipinski definition) is 2. The number of imidazole rings is 1. The van der Waals surface area contributed by atoms with Crippen LogP contribution in [-0.2, 0) is 11.3 Å². The average molecular weight is 406 g/mol. The summed E-state index contributed by atoms with van der Waals surface area (Å²) in [7, 11) is 0. The lowest BCUT2D eigenvalue weighted by molar-refractivity contribution is 0.0613. The highest BCUT2D eigenvalue weighted by atomic mass is 16.5. The molecule has 7 heteroatoms. The Morgan fingerprint density at radius 1 is 1.23 bits per heavy atom. The fourth-order valence-electron chi connectivity index (χ4n) is 4.12. The topological polar surface area (TPSA) is 89.0 Å². The summed E-state index contributed by atoms with van der Waals surface area (Å²) in [4.78, 5) is 32.6. The van der Waals surface area contributed by atoms with Crippen molar-refractivity contribution in [3.8, 4) is 11.1 Å². The number of aryl methyl sites for hydroxylation is 1. The maximum Gasteiger partial charge on any atom is 0.327 e. The van der Waals surface area contributed by atoms with Crippen LogP contribution in [0, 0.1) is 12.8 Å². The summed E-state index contributed by atoms with van der Waals surface area (Å²) in [6, 6.07) is 8.00. The summed E-state index contributed by atoms with van der Waals surface area (Å²) >= 11 is 0. The number of H-pyrrole nitrogens is 1. The molecule has 1 amide bonds. The van der Waals surface area contributed by atoms with Gasteiger partial charge < -0.3 is 15.0 Å². The first-order valence-electron chi connectivity index (χ1n) is 10.7. The Morgan fingerprint density at radius 3 is 2.80 bits per heavy atom. The Labute approximate surface area is 174 Å². The largest absolute Gasteiger partial charge is 0.381 e. The van der Waals surface area contributed by atoms with E-state index in [0.717, 1.165) is 61.1 Å². The van der Waals surface area contributed by atoms with Crippen molar-refractivity contribution in [2.75, 3.05) is 13.2 Å². The molecule has 1 saturated carbocycles. The van der Waals surface area contributed by atoms with E-state index in [1.54, 1.807) is 10.8 Å². The molecule has 2 aromatic heterocycles. The zero-order valence-corrected chi connectivity index (χ0v) is 17.1. The van der Waals surface area contributed by atoms with Crippen LogP contribution in [0.1, 0.15) is 41.6 Å². The molecule has 0 bridgehead atoms. The second-order valence-electron chi connectivity index (χ2n) is 8.47. The Morgan fingerprint density at radius 2 is 2.03 bits per heavy atom. The molecule has 3 heterocycles. The van der Waals surface area contributed by atoms with Crippen LogP contribution in [0.5, 0.6) is 0 Å². The molecule has 7 nitrogen and oxygen atoms in total. The zero-order chi connectivity index (χ0) is 20.7. The van der Waals surface area contributed by atoms with E-state index in [9.17, 15) is 9.59 Å². The molecule has 3 aromatic rings. The number of ether oxygens (including phenoxy) is 1. The van der Waals surface area contributed by atoms with Crippen LogP contribution in [0.4, 0.5) is 0 Å². The minimum atomic E-state index is -0.129. The van der Waals surface area contributed by atoms with Gasteiger partial charge >= 0.3 is 5.69 Å². The van der Waals surface area contributed by atoms with Gasteiger partial charge in [-0.3, -0.25) is 9.36 Å². The van der Waals surface area contributed by atoms with Gasteiger partial charge in [0.25, 0.3) is 5.91 Å². The lowest BCUT2D eigenvalue weighted by Crippen LogP contribution is -2.26. The predicted molar refractivity (Wildman–Crippen MR) is 115 cm³/mol. The fourth-order valence-corrected chi connectivity index (χ4v) is 4.12. The van der Waals surface area contributed by atoms with Gasteiger partial charge in [0.2, 0.25) is 0 Å². The molecule has 0 spiro atoms. The molecular weight excluding hydrogens is 380 g/mol. The Bertz CT molecular complexity index is 1150. The lowest BCUT2D eigenvalue weighted by Gasteiger charge is -2.21. The molecular formula is C23H26N4O3. The zero-order valence-electron chi connectivity index (χ0n) is 17.1. The minimum Gasteiger partial charge on any atom is -0.381 e. The van der Waals surface area contributed by atoms with Gasteiger partial charge in [0, 0.05) is 43.1 Å². The molecule has 156 valence electrons. The maximum atomic E-state index is 12.6. The molecule has 0 atom stereocenters. The number of carbonyl (C=O) groups is 1. The van der Waals surface area contributed by atoms with Gasteiger partial charge in [0.15, 0.2) is 5.65 Å². The number of nitrogens with zero attached hydrogens (tertiary/aromatic N) is 2. The SMILES string of the molecule is Cc1ccc(C(=O)NC2CC2)cc1-c1cnc2c(c1)[nH]c(=O)n2CC1CCOCC1. The lowest BCUT2D eigenvalue weighted by atomic mass is 9.98. The second-order valence-corrected chi connectivity index (χ2v) is 8.47. The first-order valence-corrected chi connectivity index (χ1v) is 10.7. The van der Waals surface area contributed by atoms with Gasteiger partial charge in [0.05, 0.1) is 5.52 Å². The summed E-state index contributed by atoms with van der Waals surface area (Å²) in [5.74, 6) is 0.393. The van der Waals surface area contributed by atoms with E-state index >= 15 is 0 Å². The maximum absolute atomic E-state index is 12.6. The summed E-state index contributed by atoms with van der Waals surface area (Å²) in [6.07, 6.45) is 5.84. The van der Waals surface area contributed by atoms with Crippen molar-refractivity contribution in [3.05, 3.63) is 52.1 Å². The van der Waals surface area contributed by atoms with Crippen molar-refractivity contribution in [2.24, 2.45) is 5.92 Å². The molecule has 1 aliphatic heterocycles. The van der Waals surface area contributed by atoms with Crippen LogP contribution in [-0.4, -0.2) is 39.7 Å². The van der Waals surface area contributed by atoms with Crippen LogP contribution in [0.2, 0.25) is 0 Å². The second kappa shape index (κ2) is 7.72. The molecule has 5 rings (SSSR count). The number of rotatable bonds is 5. The third kappa shape index (κ3) is 3.77. The van der Waals surface area contributed by atoms with E-state index in [1.807, 2.05) is 31.2 Å². The van der Waals surface area contributed by atoms with Crippen molar-refractivity contribution < 1.29 is 9.53 Å². The van der Waals surface area contributed by atoms with Gasteiger partial charge in [-0.1, -0.05) is 6.07 Å². The van der Waals surface area contributed by atoms with E-state index in [0.29, 0.717) is 29.7 Å². The minimum absolute atomic E-state index is 0.0381. The number of carbonyl (C=O) groups excluding carboxylic acids is 1. The molecule has 2 N–H and O–H groups in total. The number of amides is 1. The number of hydrogen-bond acceptors (Lipinski definition) is 4. The van der Waals surface area contributed by atoms with Crippen molar-refractivity contribution in [1.82, 2.24) is 19.9 Å². The van der Waals surface area contributed by atoms with Crippen molar-refractivity contribution in [1.29, 1.82) is 0 Å². The van der Waals surface area contributed by atoms with Crippen LogP contribution in [0.3, 0.4) is 0 Å². The summed E-state index contributed by atoms with van der Waals surface area (Å²) in [5.41, 5.74) is 4.81. The highest BCUT2D eigenvalue weighted by Crippen LogP contribution is 2.27. The van der Waals surface area contributed by atoms with E-state index in [1.165, 1.54) is 0 Å². The molecule has 30 heavy (non-hydrogen) atoms. The van der Waals surface area contributed by atoms with Gasteiger partial charge in [-0.15, -0.1) is 0 Å². The molecule has 1 saturated heterocycles. The van der Waals surface area contributed by atoms with Crippen LogP contribution >= 0.6 is 0 Å². The molecule has 0 unspecified atom stereocenters. The number of aromatic nitrogens is 3. The van der Waals surface area contributed by atoms with Crippen LogP contribution in [0.25, 0.3) is 22.3 Å². The molecule has 1 aromatic carbocycles. The fraction of sp³-hybridized carbons (Fsp3) is 0.435. The first kappa shape index (κ1) is 19.1. The Hall–Kier alpha value is -2.93. The third-order valence-electron chi connectivity index (χ3n) is 6.11. The summed E-state index contributed by atoms with van der Waals surface area (Å²) < 4.78 is 7.16. The van der Waals surface area contributed by atoms with Gasteiger partial charge in [0.1, 0.15) is 0 Å². The normalized spacial score (nSPS) is 17.4. The Kier molecular flexibility index (Phi) is 4.90. The predicted octanol–water partition coefficient (Wildman–Crippen LogP) is 3.02. The first-order chi connectivity index (χ1) is 14.6. The number of benzene rings is 1. The highest BCUT2D eigenvalue weighted by molar-refractivity contribution is 5.96. The standard InChI is InChI=1S/C23H26N4O3/c1-14-2-3-16(22(28)25-18-4-5-18)10-19(14)17-11-20-21(24-12-17)27(23(29)26-20)13-15-6-8-30-9-7-15/h2-3,10-12,15,18H,4-9,13H2,1H3,(H,25,28)(H,26,29). The summed E-state index contributed by atoms with van der Waals surface area (Å²) in [6.45, 7) is 4.18.